The Kier molecular flexibility index (Phi) is 3.79. The molecule has 0 unspecified atom stereocenters. The Balaban J connectivity index is 1.72. The third-order valence-corrected chi connectivity index (χ3v) is 5.23. The molecule has 0 fully saturated rings. The van der Waals surface area contributed by atoms with Crippen molar-refractivity contribution >= 4 is 28.5 Å². The molecule has 0 radical (unpaired) electrons. The topological polar surface area (TPSA) is 68.1 Å². The van der Waals surface area contributed by atoms with Crippen LogP contribution in [0.1, 0.15) is 32.0 Å². The number of imide groups is 1. The van der Waals surface area contributed by atoms with Crippen LogP contribution >= 0.6 is 0 Å². The highest BCUT2D eigenvalue weighted by atomic mass is 19.2. The van der Waals surface area contributed by atoms with Gasteiger partial charge in [-0.2, -0.15) is 5.10 Å². The van der Waals surface area contributed by atoms with Gasteiger partial charge in [0.05, 0.1) is 33.6 Å². The van der Waals surface area contributed by atoms with E-state index in [1.54, 1.807) is 11.6 Å². The van der Waals surface area contributed by atoms with E-state index in [1.807, 2.05) is 31.2 Å². The van der Waals surface area contributed by atoms with Crippen molar-refractivity contribution in [2.45, 2.75) is 13.8 Å². The number of aromatic nitrogens is 3. The second-order valence-electron chi connectivity index (χ2n) is 7.07. The second-order valence-corrected chi connectivity index (χ2v) is 7.07. The molecule has 0 N–H and O–H groups in total. The minimum absolute atomic E-state index is 0.0443. The molecule has 8 heteroatoms. The van der Waals surface area contributed by atoms with E-state index in [1.165, 1.54) is 12.3 Å². The molecule has 0 spiro atoms. The fraction of sp³-hybridized carbons (Fsp3) is 0.0909. The van der Waals surface area contributed by atoms with E-state index < -0.39 is 23.4 Å². The lowest BCUT2D eigenvalue weighted by Gasteiger charge is -2.13. The summed E-state index contributed by atoms with van der Waals surface area (Å²) in [5.74, 6) is -3.47. The van der Waals surface area contributed by atoms with Gasteiger partial charge in [-0.05, 0) is 37.6 Å². The van der Waals surface area contributed by atoms with Gasteiger partial charge in [0.2, 0.25) is 0 Å². The van der Waals surface area contributed by atoms with Crippen LogP contribution in [0.15, 0.2) is 48.7 Å². The standard InChI is InChI=1S/C22H14F2N4O2/c1-11-5-3-4-6-17(11)28-20-18(12(2)26-28)19-14(10-25-20)21(29)27(22(19)30)13-7-8-15(23)16(24)9-13/h3-10H,1-2H3. The summed E-state index contributed by atoms with van der Waals surface area (Å²) < 4.78 is 28.7. The molecule has 0 aliphatic carbocycles. The van der Waals surface area contributed by atoms with Crippen LogP contribution in [0, 0.1) is 25.5 Å². The summed E-state index contributed by atoms with van der Waals surface area (Å²) in [7, 11) is 0. The van der Waals surface area contributed by atoms with Crippen molar-refractivity contribution in [3.63, 3.8) is 0 Å². The predicted octanol–water partition coefficient (Wildman–Crippen LogP) is 4.12. The summed E-state index contributed by atoms with van der Waals surface area (Å²) >= 11 is 0. The van der Waals surface area contributed by atoms with E-state index in [4.69, 9.17) is 0 Å². The highest BCUT2D eigenvalue weighted by molar-refractivity contribution is 6.37. The summed E-state index contributed by atoms with van der Waals surface area (Å²) in [5, 5.41) is 5.00. The molecule has 148 valence electrons. The summed E-state index contributed by atoms with van der Waals surface area (Å²) in [5.41, 5.74) is 2.96. The number of nitrogens with zero attached hydrogens (tertiary/aromatic N) is 4. The molecule has 1 aliphatic rings. The van der Waals surface area contributed by atoms with Crippen molar-refractivity contribution in [1.29, 1.82) is 0 Å². The molecule has 3 heterocycles. The first kappa shape index (κ1) is 18.1. The van der Waals surface area contributed by atoms with Crippen LogP contribution < -0.4 is 4.90 Å². The van der Waals surface area contributed by atoms with Gasteiger partial charge in [0.25, 0.3) is 11.8 Å². The maximum absolute atomic E-state index is 13.7. The number of para-hydroxylation sites is 1. The minimum Gasteiger partial charge on any atom is -0.268 e. The molecule has 1 aliphatic heterocycles. The molecule has 0 atom stereocenters. The van der Waals surface area contributed by atoms with Crippen LogP contribution in [0.5, 0.6) is 0 Å². The van der Waals surface area contributed by atoms with Gasteiger partial charge >= 0.3 is 0 Å². The summed E-state index contributed by atoms with van der Waals surface area (Å²) in [6.45, 7) is 3.67. The highest BCUT2D eigenvalue weighted by Crippen LogP contribution is 2.35. The highest BCUT2D eigenvalue weighted by Gasteiger charge is 2.40. The number of carbonyl (C=O) groups is 2. The Morgan fingerprint density at radius 2 is 1.70 bits per heavy atom. The number of anilines is 1. The minimum atomic E-state index is -1.14. The third kappa shape index (κ3) is 2.40. The van der Waals surface area contributed by atoms with Gasteiger partial charge in [-0.1, -0.05) is 18.2 Å². The van der Waals surface area contributed by atoms with Gasteiger partial charge in [0.1, 0.15) is 0 Å². The molecular formula is C22H14F2N4O2. The molecule has 5 rings (SSSR count). The number of hydrogen-bond donors (Lipinski definition) is 0. The predicted molar refractivity (Wildman–Crippen MR) is 106 cm³/mol. The van der Waals surface area contributed by atoms with Crippen molar-refractivity contribution in [1.82, 2.24) is 14.8 Å². The first-order valence-electron chi connectivity index (χ1n) is 9.16. The SMILES string of the molecule is Cc1ccccc1-n1nc(C)c2c3c(cnc21)C(=O)N(c1ccc(F)c(F)c1)C3=O. The third-order valence-electron chi connectivity index (χ3n) is 5.23. The molecule has 30 heavy (non-hydrogen) atoms. The van der Waals surface area contributed by atoms with E-state index in [0.717, 1.165) is 28.3 Å². The van der Waals surface area contributed by atoms with Gasteiger partial charge < -0.3 is 0 Å². The number of hydrogen-bond acceptors (Lipinski definition) is 4. The molecule has 0 saturated heterocycles. The van der Waals surface area contributed by atoms with Crippen molar-refractivity contribution in [2.24, 2.45) is 0 Å². The molecule has 6 nitrogen and oxygen atoms in total. The van der Waals surface area contributed by atoms with Gasteiger partial charge in [-0.25, -0.2) is 23.3 Å². The number of benzene rings is 2. The lowest BCUT2D eigenvalue weighted by Crippen LogP contribution is -2.29. The molecule has 2 amide bonds. The van der Waals surface area contributed by atoms with Crippen molar-refractivity contribution in [3.05, 3.63) is 82.7 Å². The van der Waals surface area contributed by atoms with Crippen LogP contribution in [0.2, 0.25) is 0 Å². The molecule has 0 bridgehead atoms. The van der Waals surface area contributed by atoms with E-state index in [0.29, 0.717) is 16.7 Å². The van der Waals surface area contributed by atoms with Gasteiger partial charge in [-0.15, -0.1) is 0 Å². The molecule has 0 saturated carbocycles. The van der Waals surface area contributed by atoms with E-state index in [2.05, 4.69) is 10.1 Å². The molecule has 2 aromatic carbocycles. The number of aryl methyl sites for hydroxylation is 2. The zero-order valence-corrected chi connectivity index (χ0v) is 16.0. The maximum Gasteiger partial charge on any atom is 0.267 e. The van der Waals surface area contributed by atoms with Crippen molar-refractivity contribution in [3.8, 4) is 5.69 Å². The average Bonchev–Trinajstić information content (AvgIpc) is 3.19. The maximum atomic E-state index is 13.7. The Morgan fingerprint density at radius 3 is 2.43 bits per heavy atom. The summed E-state index contributed by atoms with van der Waals surface area (Å²) in [4.78, 5) is 31.4. The number of rotatable bonds is 2. The van der Waals surface area contributed by atoms with Crippen molar-refractivity contribution in [2.75, 3.05) is 4.90 Å². The normalized spacial score (nSPS) is 13.4. The molecular weight excluding hydrogens is 390 g/mol. The number of halogens is 2. The van der Waals surface area contributed by atoms with Gasteiger partial charge in [0, 0.05) is 12.3 Å². The van der Waals surface area contributed by atoms with Crippen LogP contribution in [0.4, 0.5) is 14.5 Å². The van der Waals surface area contributed by atoms with Crippen LogP contribution in [0.3, 0.4) is 0 Å². The Morgan fingerprint density at radius 1 is 0.933 bits per heavy atom. The van der Waals surface area contributed by atoms with E-state index >= 15 is 0 Å². The first-order valence-corrected chi connectivity index (χ1v) is 9.16. The first-order chi connectivity index (χ1) is 14.4. The number of pyridine rings is 1. The van der Waals surface area contributed by atoms with E-state index in [9.17, 15) is 18.4 Å². The number of fused-ring (bicyclic) bond motifs is 3. The van der Waals surface area contributed by atoms with Crippen molar-refractivity contribution < 1.29 is 18.4 Å². The average molecular weight is 404 g/mol. The van der Waals surface area contributed by atoms with Crippen LogP contribution in [-0.4, -0.2) is 26.6 Å². The monoisotopic (exact) mass is 404 g/mol. The Hall–Kier alpha value is -3.94. The second kappa shape index (κ2) is 6.28. The van der Waals surface area contributed by atoms with Gasteiger partial charge in [0.15, 0.2) is 17.3 Å². The lowest BCUT2D eigenvalue weighted by atomic mass is 10.1. The van der Waals surface area contributed by atoms with Crippen LogP contribution in [-0.2, 0) is 0 Å². The fourth-order valence-electron chi connectivity index (χ4n) is 3.79. The molecule has 4 aromatic rings. The quantitative estimate of drug-likeness (QED) is 0.472. The summed E-state index contributed by atoms with van der Waals surface area (Å²) in [6, 6.07) is 10.5. The zero-order chi connectivity index (χ0) is 21.2. The fourth-order valence-corrected chi connectivity index (χ4v) is 3.79. The summed E-state index contributed by atoms with van der Waals surface area (Å²) in [6.07, 6.45) is 1.33. The zero-order valence-electron chi connectivity index (χ0n) is 16.0. The van der Waals surface area contributed by atoms with Gasteiger partial charge in [-0.3, -0.25) is 9.59 Å². The molecule has 2 aromatic heterocycles. The van der Waals surface area contributed by atoms with Crippen LogP contribution in [0.25, 0.3) is 16.7 Å². The van der Waals surface area contributed by atoms with E-state index in [-0.39, 0.29) is 16.8 Å². The number of amides is 2. The smallest absolute Gasteiger partial charge is 0.267 e. The Bertz CT molecular complexity index is 1390. The lowest BCUT2D eigenvalue weighted by molar-refractivity contribution is 0.0926. The largest absolute Gasteiger partial charge is 0.268 e. The number of carbonyl (C=O) groups excluding carboxylic acids is 2. The Labute approximate surface area is 169 Å².